The van der Waals surface area contributed by atoms with Crippen LogP contribution in [0, 0.1) is 11.8 Å². The number of benzene rings is 1. The zero-order chi connectivity index (χ0) is 14.8. The molecule has 1 N–H and O–H groups in total. The normalized spacial score (nSPS) is 27.7. The van der Waals surface area contributed by atoms with Gasteiger partial charge in [0.25, 0.3) is 0 Å². The molecule has 21 heavy (non-hydrogen) atoms. The fourth-order valence-corrected chi connectivity index (χ4v) is 3.68. The van der Waals surface area contributed by atoms with Gasteiger partial charge in [0, 0.05) is 32.1 Å². The highest BCUT2D eigenvalue weighted by atomic mass is 16.5. The summed E-state index contributed by atoms with van der Waals surface area (Å²) in [6.45, 7) is 5.26. The molecule has 4 nitrogen and oxygen atoms in total. The Balaban J connectivity index is 1.54. The molecule has 2 aliphatic rings. The Bertz CT molecular complexity index is 500. The molecule has 1 amide bonds. The standard InChI is InChI=1S/C17H24N2O2/c1-12-16-10-18-9-14(16)11-19(12)17(20)8-5-13-3-6-15(21-2)7-4-13/h3-4,6-7,12,14,16,18H,5,8-11H2,1-2H3. The summed E-state index contributed by atoms with van der Waals surface area (Å²) in [5, 5.41) is 3.43. The lowest BCUT2D eigenvalue weighted by molar-refractivity contribution is -0.132. The number of amides is 1. The number of nitrogens with zero attached hydrogens (tertiary/aromatic N) is 1. The first-order valence-corrected chi connectivity index (χ1v) is 7.82. The first-order valence-electron chi connectivity index (χ1n) is 7.82. The number of methoxy groups -OCH3 is 1. The van der Waals surface area contributed by atoms with Crippen LogP contribution < -0.4 is 10.1 Å². The van der Waals surface area contributed by atoms with Gasteiger partial charge in [-0.15, -0.1) is 0 Å². The highest BCUT2D eigenvalue weighted by Gasteiger charge is 2.43. The van der Waals surface area contributed by atoms with Gasteiger partial charge in [-0.3, -0.25) is 4.79 Å². The number of hydrogen-bond acceptors (Lipinski definition) is 3. The van der Waals surface area contributed by atoms with E-state index in [2.05, 4.69) is 17.1 Å². The summed E-state index contributed by atoms with van der Waals surface area (Å²) < 4.78 is 5.15. The molecular formula is C17H24N2O2. The van der Waals surface area contributed by atoms with E-state index in [-0.39, 0.29) is 0 Å². The van der Waals surface area contributed by atoms with Crippen LogP contribution in [0.3, 0.4) is 0 Å². The predicted octanol–water partition coefficient (Wildman–Crippen LogP) is 1.69. The average molecular weight is 288 g/mol. The molecule has 4 heteroatoms. The third-order valence-electron chi connectivity index (χ3n) is 5.04. The van der Waals surface area contributed by atoms with E-state index >= 15 is 0 Å². The summed E-state index contributed by atoms with van der Waals surface area (Å²) in [7, 11) is 1.67. The van der Waals surface area contributed by atoms with Crippen LogP contribution >= 0.6 is 0 Å². The number of carbonyl (C=O) groups is 1. The summed E-state index contributed by atoms with van der Waals surface area (Å²) in [4.78, 5) is 14.6. The van der Waals surface area contributed by atoms with Crippen LogP contribution in [-0.2, 0) is 11.2 Å². The molecule has 3 unspecified atom stereocenters. The van der Waals surface area contributed by atoms with Crippen molar-refractivity contribution < 1.29 is 9.53 Å². The van der Waals surface area contributed by atoms with Crippen LogP contribution in [0.2, 0.25) is 0 Å². The van der Waals surface area contributed by atoms with Gasteiger partial charge >= 0.3 is 0 Å². The highest BCUT2D eigenvalue weighted by Crippen LogP contribution is 2.32. The number of likely N-dealkylation sites (tertiary alicyclic amines) is 1. The molecule has 0 saturated carbocycles. The Morgan fingerprint density at radius 1 is 1.33 bits per heavy atom. The Hall–Kier alpha value is -1.55. The van der Waals surface area contributed by atoms with Crippen molar-refractivity contribution in [1.29, 1.82) is 0 Å². The summed E-state index contributed by atoms with van der Waals surface area (Å²) >= 11 is 0. The molecule has 2 aliphatic heterocycles. The molecule has 1 aromatic carbocycles. The zero-order valence-electron chi connectivity index (χ0n) is 12.8. The molecule has 0 aromatic heterocycles. The van der Waals surface area contributed by atoms with Gasteiger partial charge in [0.05, 0.1) is 7.11 Å². The van der Waals surface area contributed by atoms with Gasteiger partial charge in [-0.2, -0.15) is 0 Å². The maximum atomic E-state index is 12.5. The van der Waals surface area contributed by atoms with E-state index in [1.165, 1.54) is 5.56 Å². The Morgan fingerprint density at radius 2 is 2.10 bits per heavy atom. The quantitative estimate of drug-likeness (QED) is 0.917. The van der Waals surface area contributed by atoms with Crippen molar-refractivity contribution in [2.75, 3.05) is 26.7 Å². The fourth-order valence-electron chi connectivity index (χ4n) is 3.68. The summed E-state index contributed by atoms with van der Waals surface area (Å²) in [5.41, 5.74) is 1.19. The second-order valence-electron chi connectivity index (χ2n) is 6.22. The van der Waals surface area contributed by atoms with E-state index in [0.29, 0.717) is 30.2 Å². The number of ether oxygens (including phenoxy) is 1. The van der Waals surface area contributed by atoms with E-state index in [1.807, 2.05) is 24.3 Å². The van der Waals surface area contributed by atoms with Crippen molar-refractivity contribution in [3.63, 3.8) is 0 Å². The maximum Gasteiger partial charge on any atom is 0.223 e. The van der Waals surface area contributed by atoms with E-state index in [9.17, 15) is 4.79 Å². The van der Waals surface area contributed by atoms with Crippen LogP contribution in [0.15, 0.2) is 24.3 Å². The number of fused-ring (bicyclic) bond motifs is 1. The second kappa shape index (κ2) is 6.06. The van der Waals surface area contributed by atoms with Crippen molar-refractivity contribution in [3.05, 3.63) is 29.8 Å². The third-order valence-corrected chi connectivity index (χ3v) is 5.04. The highest BCUT2D eigenvalue weighted by molar-refractivity contribution is 5.77. The first-order chi connectivity index (χ1) is 10.2. The Labute approximate surface area is 126 Å². The maximum absolute atomic E-state index is 12.5. The number of rotatable bonds is 4. The molecule has 0 aliphatic carbocycles. The lowest BCUT2D eigenvalue weighted by Crippen LogP contribution is -2.38. The zero-order valence-corrected chi connectivity index (χ0v) is 12.8. The molecule has 0 bridgehead atoms. The third kappa shape index (κ3) is 2.91. The van der Waals surface area contributed by atoms with Gasteiger partial charge in [-0.1, -0.05) is 12.1 Å². The molecule has 114 valence electrons. The smallest absolute Gasteiger partial charge is 0.223 e. The van der Waals surface area contributed by atoms with Gasteiger partial charge < -0.3 is 15.0 Å². The first kappa shape index (κ1) is 14.4. The monoisotopic (exact) mass is 288 g/mol. The van der Waals surface area contributed by atoms with Crippen LogP contribution in [0.5, 0.6) is 5.75 Å². The molecule has 2 saturated heterocycles. The predicted molar refractivity (Wildman–Crippen MR) is 82.3 cm³/mol. The van der Waals surface area contributed by atoms with Crippen LogP contribution in [0.4, 0.5) is 0 Å². The topological polar surface area (TPSA) is 41.6 Å². The molecule has 0 radical (unpaired) electrons. The summed E-state index contributed by atoms with van der Waals surface area (Å²) in [5.74, 6) is 2.46. The largest absolute Gasteiger partial charge is 0.497 e. The van der Waals surface area contributed by atoms with Gasteiger partial charge in [0.15, 0.2) is 0 Å². The van der Waals surface area contributed by atoms with Crippen LogP contribution in [0.25, 0.3) is 0 Å². The second-order valence-corrected chi connectivity index (χ2v) is 6.22. The minimum atomic E-state index is 0.299. The van der Waals surface area contributed by atoms with Gasteiger partial charge in [-0.25, -0.2) is 0 Å². The van der Waals surface area contributed by atoms with Gasteiger partial charge in [0.1, 0.15) is 5.75 Å². The van der Waals surface area contributed by atoms with Crippen molar-refractivity contribution >= 4 is 5.91 Å². The summed E-state index contributed by atoms with van der Waals surface area (Å²) in [6.07, 6.45) is 1.41. The number of hydrogen-bond donors (Lipinski definition) is 1. The molecule has 2 fully saturated rings. The van der Waals surface area contributed by atoms with E-state index < -0.39 is 0 Å². The molecule has 3 rings (SSSR count). The van der Waals surface area contributed by atoms with Crippen LogP contribution in [-0.4, -0.2) is 43.6 Å². The molecular weight excluding hydrogens is 264 g/mol. The van der Waals surface area contributed by atoms with Crippen molar-refractivity contribution in [3.8, 4) is 5.75 Å². The van der Waals surface area contributed by atoms with E-state index in [1.54, 1.807) is 7.11 Å². The van der Waals surface area contributed by atoms with Gasteiger partial charge in [-0.05, 0) is 42.9 Å². The SMILES string of the molecule is COc1ccc(CCC(=O)N2CC3CNCC3C2C)cc1. The van der Waals surface area contributed by atoms with Crippen molar-refractivity contribution in [1.82, 2.24) is 10.2 Å². The van der Waals surface area contributed by atoms with E-state index in [4.69, 9.17) is 4.74 Å². The molecule has 1 aromatic rings. The van der Waals surface area contributed by atoms with Crippen LogP contribution in [0.1, 0.15) is 18.9 Å². The van der Waals surface area contributed by atoms with Gasteiger partial charge in [0.2, 0.25) is 5.91 Å². The molecule has 2 heterocycles. The minimum absolute atomic E-state index is 0.299. The molecule has 3 atom stereocenters. The van der Waals surface area contributed by atoms with E-state index in [0.717, 1.165) is 31.8 Å². The Kier molecular flexibility index (Phi) is 4.15. The lowest BCUT2D eigenvalue weighted by Gasteiger charge is -2.24. The minimum Gasteiger partial charge on any atom is -0.497 e. The fraction of sp³-hybridized carbons (Fsp3) is 0.588. The average Bonchev–Trinajstić information content (AvgIpc) is 3.09. The summed E-state index contributed by atoms with van der Waals surface area (Å²) in [6, 6.07) is 8.37. The number of nitrogens with one attached hydrogen (secondary N) is 1. The number of aryl methyl sites for hydroxylation is 1. The van der Waals surface area contributed by atoms with Crippen molar-refractivity contribution in [2.24, 2.45) is 11.8 Å². The van der Waals surface area contributed by atoms with Crippen molar-refractivity contribution in [2.45, 2.75) is 25.8 Å². The Morgan fingerprint density at radius 3 is 2.76 bits per heavy atom. The lowest BCUT2D eigenvalue weighted by atomic mass is 9.95. The number of carbonyl (C=O) groups excluding carboxylic acids is 1. The molecule has 0 spiro atoms.